The normalized spacial score (nSPS) is 12.2. The molecule has 0 amide bonds. The number of thiophene rings is 1. The Morgan fingerprint density at radius 2 is 1.85 bits per heavy atom. The van der Waals surface area contributed by atoms with E-state index in [2.05, 4.69) is 4.98 Å². The summed E-state index contributed by atoms with van der Waals surface area (Å²) in [6.07, 6.45) is -4.60. The van der Waals surface area contributed by atoms with Gasteiger partial charge in [0.2, 0.25) is 0 Å². The van der Waals surface area contributed by atoms with E-state index in [-0.39, 0.29) is 16.3 Å². The lowest BCUT2D eigenvalue weighted by Crippen LogP contribution is -2.05. The third kappa shape index (κ3) is 2.91. The maximum absolute atomic E-state index is 14.3. The van der Waals surface area contributed by atoms with Crippen LogP contribution in [0.5, 0.6) is 5.75 Å². The summed E-state index contributed by atoms with van der Waals surface area (Å²) < 4.78 is 53.2. The van der Waals surface area contributed by atoms with Crippen LogP contribution in [0.25, 0.3) is 31.4 Å². The molecule has 0 fully saturated rings. The quantitative estimate of drug-likeness (QED) is 0.344. The SMILES string of the molecule is Cc1nc2sc3cc(-c4ccc(C(F)(F)F)cc4F)ccc3c2c(O)c1Cl. The minimum atomic E-state index is -4.60. The van der Waals surface area contributed by atoms with Crippen LogP contribution in [0.2, 0.25) is 5.02 Å². The van der Waals surface area contributed by atoms with Crippen molar-refractivity contribution in [3.8, 4) is 16.9 Å². The minimum absolute atomic E-state index is 0.0637. The van der Waals surface area contributed by atoms with Crippen LogP contribution in [-0.2, 0) is 6.18 Å². The van der Waals surface area contributed by atoms with Gasteiger partial charge in [-0.1, -0.05) is 29.8 Å². The predicted molar refractivity (Wildman–Crippen MR) is 98.9 cm³/mol. The molecule has 1 N–H and O–H groups in total. The molecule has 0 atom stereocenters. The number of hydrogen-bond donors (Lipinski definition) is 1. The lowest BCUT2D eigenvalue weighted by Gasteiger charge is -2.09. The zero-order chi connectivity index (χ0) is 19.5. The molecule has 0 aliphatic carbocycles. The average Bonchev–Trinajstić information content (AvgIpc) is 2.96. The maximum atomic E-state index is 14.3. The molecule has 4 rings (SSSR count). The molecule has 0 unspecified atom stereocenters. The third-order valence-electron chi connectivity index (χ3n) is 4.31. The molecule has 138 valence electrons. The summed E-state index contributed by atoms with van der Waals surface area (Å²) in [4.78, 5) is 4.94. The zero-order valence-corrected chi connectivity index (χ0v) is 15.2. The number of hydrogen-bond acceptors (Lipinski definition) is 3. The third-order valence-corrected chi connectivity index (χ3v) is 5.81. The van der Waals surface area contributed by atoms with Crippen LogP contribution in [0.4, 0.5) is 17.6 Å². The Kier molecular flexibility index (Phi) is 4.05. The number of aromatic nitrogens is 1. The molecule has 8 heteroatoms. The molecule has 27 heavy (non-hydrogen) atoms. The molecule has 0 bridgehead atoms. The molecule has 2 aromatic heterocycles. The van der Waals surface area contributed by atoms with Gasteiger partial charge in [-0.15, -0.1) is 11.3 Å². The monoisotopic (exact) mass is 411 g/mol. The van der Waals surface area contributed by atoms with Crippen LogP contribution in [0.15, 0.2) is 36.4 Å². The number of pyridine rings is 1. The van der Waals surface area contributed by atoms with Gasteiger partial charge in [0.15, 0.2) is 0 Å². The number of alkyl halides is 3. The van der Waals surface area contributed by atoms with Crippen molar-refractivity contribution in [2.24, 2.45) is 0 Å². The van der Waals surface area contributed by atoms with Crippen molar-refractivity contribution < 1.29 is 22.7 Å². The molecule has 4 aromatic rings. The van der Waals surface area contributed by atoms with Gasteiger partial charge in [0, 0.05) is 15.6 Å². The van der Waals surface area contributed by atoms with E-state index in [0.29, 0.717) is 37.6 Å². The van der Waals surface area contributed by atoms with Crippen LogP contribution in [0, 0.1) is 12.7 Å². The standard InChI is InChI=1S/C19H10ClF4NOS/c1-8-16(20)17(26)15-12-4-2-9(6-14(12)27-18(15)25-8)11-5-3-10(7-13(11)21)19(22,23)24/h2-7H,1H3,(H,25,26). The van der Waals surface area contributed by atoms with Gasteiger partial charge in [0.05, 0.1) is 16.6 Å². The molecular weight excluding hydrogens is 402 g/mol. The number of rotatable bonds is 1. The largest absolute Gasteiger partial charge is 0.506 e. The Bertz CT molecular complexity index is 1220. The molecule has 2 nitrogen and oxygen atoms in total. The Morgan fingerprint density at radius 3 is 2.52 bits per heavy atom. The molecule has 0 saturated carbocycles. The Balaban J connectivity index is 1.90. The lowest BCUT2D eigenvalue weighted by molar-refractivity contribution is -0.137. The zero-order valence-electron chi connectivity index (χ0n) is 13.7. The summed E-state index contributed by atoms with van der Waals surface area (Å²) in [5, 5.41) is 11.7. The second-order valence-corrected chi connectivity index (χ2v) is 7.45. The summed E-state index contributed by atoms with van der Waals surface area (Å²) in [6.45, 7) is 1.68. The number of benzene rings is 2. The van der Waals surface area contributed by atoms with Crippen molar-refractivity contribution in [1.82, 2.24) is 4.98 Å². The summed E-state index contributed by atoms with van der Waals surface area (Å²) in [7, 11) is 0. The summed E-state index contributed by atoms with van der Waals surface area (Å²) in [5.41, 5.74) is -0.0514. The molecule has 0 aliphatic rings. The Labute approximate surface area is 159 Å². The van der Waals surface area contributed by atoms with E-state index in [1.807, 2.05) is 0 Å². The number of nitrogens with zero attached hydrogens (tertiary/aromatic N) is 1. The van der Waals surface area contributed by atoms with E-state index >= 15 is 0 Å². The second kappa shape index (κ2) is 6.07. The first-order valence-corrected chi connectivity index (χ1v) is 8.94. The van der Waals surface area contributed by atoms with Crippen LogP contribution in [0.3, 0.4) is 0 Å². The van der Waals surface area contributed by atoms with Crippen molar-refractivity contribution in [3.63, 3.8) is 0 Å². The fraction of sp³-hybridized carbons (Fsp3) is 0.105. The number of halogens is 5. The number of aromatic hydroxyl groups is 1. The van der Waals surface area contributed by atoms with Gasteiger partial charge in [-0.25, -0.2) is 9.37 Å². The van der Waals surface area contributed by atoms with E-state index in [9.17, 15) is 22.7 Å². The van der Waals surface area contributed by atoms with Gasteiger partial charge >= 0.3 is 6.18 Å². The molecule has 2 aromatic carbocycles. The number of aryl methyl sites for hydroxylation is 1. The molecule has 0 saturated heterocycles. The van der Waals surface area contributed by atoms with Crippen LogP contribution >= 0.6 is 22.9 Å². The van der Waals surface area contributed by atoms with E-state index in [1.54, 1.807) is 25.1 Å². The summed E-state index contributed by atoms with van der Waals surface area (Å²) >= 11 is 7.35. The van der Waals surface area contributed by atoms with Crippen molar-refractivity contribution in [1.29, 1.82) is 0 Å². The highest BCUT2D eigenvalue weighted by molar-refractivity contribution is 7.25. The Morgan fingerprint density at radius 1 is 1.11 bits per heavy atom. The summed E-state index contributed by atoms with van der Waals surface area (Å²) in [5.74, 6) is -1.02. The van der Waals surface area contributed by atoms with Crippen molar-refractivity contribution in [2.75, 3.05) is 0 Å². The first-order chi connectivity index (χ1) is 12.7. The summed E-state index contributed by atoms with van der Waals surface area (Å²) in [6, 6.07) is 7.38. The van der Waals surface area contributed by atoms with Crippen LogP contribution in [0.1, 0.15) is 11.3 Å². The van der Waals surface area contributed by atoms with E-state index in [0.717, 1.165) is 12.1 Å². The molecular formula is C19H10ClF4NOS. The minimum Gasteiger partial charge on any atom is -0.506 e. The predicted octanol–water partition coefficient (Wildman–Crippen LogP) is 6.94. The fourth-order valence-corrected chi connectivity index (χ4v) is 4.27. The highest BCUT2D eigenvalue weighted by atomic mass is 35.5. The van der Waals surface area contributed by atoms with Gasteiger partial charge in [-0.2, -0.15) is 13.2 Å². The van der Waals surface area contributed by atoms with E-state index in [4.69, 9.17) is 11.6 Å². The molecule has 2 heterocycles. The van der Waals surface area contributed by atoms with Gasteiger partial charge in [0.25, 0.3) is 0 Å². The molecule has 0 aliphatic heterocycles. The maximum Gasteiger partial charge on any atom is 0.416 e. The van der Waals surface area contributed by atoms with E-state index in [1.165, 1.54) is 11.3 Å². The topological polar surface area (TPSA) is 33.1 Å². The first-order valence-electron chi connectivity index (χ1n) is 7.75. The van der Waals surface area contributed by atoms with Crippen molar-refractivity contribution >= 4 is 43.2 Å². The molecule has 0 radical (unpaired) electrons. The second-order valence-electron chi connectivity index (χ2n) is 6.05. The average molecular weight is 412 g/mol. The smallest absolute Gasteiger partial charge is 0.416 e. The van der Waals surface area contributed by atoms with Gasteiger partial charge in [-0.05, 0) is 30.7 Å². The molecule has 0 spiro atoms. The van der Waals surface area contributed by atoms with Crippen LogP contribution in [-0.4, -0.2) is 10.1 Å². The van der Waals surface area contributed by atoms with Gasteiger partial charge < -0.3 is 5.11 Å². The Hall–Kier alpha value is -2.38. The number of fused-ring (bicyclic) bond motifs is 3. The lowest BCUT2D eigenvalue weighted by atomic mass is 10.0. The first kappa shape index (κ1) is 18.0. The van der Waals surface area contributed by atoms with Gasteiger partial charge in [0.1, 0.15) is 21.4 Å². The fourth-order valence-electron chi connectivity index (χ4n) is 2.97. The van der Waals surface area contributed by atoms with Crippen LogP contribution < -0.4 is 0 Å². The van der Waals surface area contributed by atoms with Crippen molar-refractivity contribution in [2.45, 2.75) is 13.1 Å². The van der Waals surface area contributed by atoms with Crippen molar-refractivity contribution in [3.05, 3.63) is 58.5 Å². The van der Waals surface area contributed by atoms with Gasteiger partial charge in [-0.3, -0.25) is 0 Å². The highest BCUT2D eigenvalue weighted by Gasteiger charge is 2.31. The highest BCUT2D eigenvalue weighted by Crippen LogP contribution is 2.43. The van der Waals surface area contributed by atoms with E-state index < -0.39 is 17.6 Å².